The fraction of sp³-hybridized carbons (Fsp3) is 0.733. The van der Waals surface area contributed by atoms with Crippen LogP contribution in [-0.2, 0) is 6.42 Å². The van der Waals surface area contributed by atoms with E-state index in [2.05, 4.69) is 24.4 Å². The van der Waals surface area contributed by atoms with Crippen LogP contribution in [0, 0.1) is 11.8 Å². The summed E-state index contributed by atoms with van der Waals surface area (Å²) in [6, 6.07) is 4.40. The van der Waals surface area contributed by atoms with Crippen LogP contribution < -0.4 is 0 Å². The molecule has 0 aromatic carbocycles. The number of rotatable bonds is 5. The van der Waals surface area contributed by atoms with Crippen molar-refractivity contribution in [1.82, 2.24) is 0 Å². The van der Waals surface area contributed by atoms with Gasteiger partial charge in [0.05, 0.1) is 0 Å². The summed E-state index contributed by atoms with van der Waals surface area (Å²) in [5, 5.41) is 2.61. The second-order valence-electron chi connectivity index (χ2n) is 5.36. The highest BCUT2D eigenvalue weighted by Crippen LogP contribution is 2.37. The lowest BCUT2D eigenvalue weighted by molar-refractivity contribution is 0.248. The van der Waals surface area contributed by atoms with E-state index >= 15 is 0 Å². The van der Waals surface area contributed by atoms with Gasteiger partial charge in [-0.2, -0.15) is 0 Å². The molecule has 1 aliphatic carbocycles. The first-order chi connectivity index (χ1) is 8.29. The molecule has 96 valence electrons. The van der Waals surface area contributed by atoms with Gasteiger partial charge in [-0.05, 0) is 55.4 Å². The van der Waals surface area contributed by atoms with E-state index in [1.807, 2.05) is 11.3 Å². The maximum Gasteiger partial charge on any atom is 0.0364 e. The number of hydrogen-bond donors (Lipinski definition) is 0. The smallest absolute Gasteiger partial charge is 0.0364 e. The van der Waals surface area contributed by atoms with E-state index in [4.69, 9.17) is 11.6 Å². The fourth-order valence-electron chi connectivity index (χ4n) is 3.08. The van der Waals surface area contributed by atoms with Gasteiger partial charge in [0, 0.05) is 10.3 Å². The van der Waals surface area contributed by atoms with Crippen molar-refractivity contribution < 1.29 is 0 Å². The van der Waals surface area contributed by atoms with Crippen LogP contribution >= 0.6 is 22.9 Å². The Bertz CT molecular complexity index is 307. The van der Waals surface area contributed by atoms with Crippen LogP contribution in [0.15, 0.2) is 17.5 Å². The van der Waals surface area contributed by atoms with E-state index in [9.17, 15) is 0 Å². The number of aryl methyl sites for hydroxylation is 1. The van der Waals surface area contributed by atoms with Gasteiger partial charge in [-0.25, -0.2) is 0 Å². The van der Waals surface area contributed by atoms with Crippen molar-refractivity contribution in [2.45, 2.75) is 57.2 Å². The summed E-state index contributed by atoms with van der Waals surface area (Å²) in [6.45, 7) is 2.30. The van der Waals surface area contributed by atoms with Crippen LogP contribution in [0.3, 0.4) is 0 Å². The molecule has 2 heteroatoms. The van der Waals surface area contributed by atoms with Crippen molar-refractivity contribution in [2.24, 2.45) is 11.8 Å². The minimum atomic E-state index is 0.433. The summed E-state index contributed by atoms with van der Waals surface area (Å²) < 4.78 is 0. The van der Waals surface area contributed by atoms with Gasteiger partial charge in [-0.3, -0.25) is 0 Å². The number of halogens is 1. The molecule has 0 nitrogen and oxygen atoms in total. The Morgan fingerprint density at radius 2 is 2.24 bits per heavy atom. The van der Waals surface area contributed by atoms with E-state index in [-0.39, 0.29) is 0 Å². The monoisotopic (exact) mass is 270 g/mol. The van der Waals surface area contributed by atoms with Gasteiger partial charge in [0.1, 0.15) is 0 Å². The minimum Gasteiger partial charge on any atom is -0.149 e. The van der Waals surface area contributed by atoms with E-state index in [0.717, 1.165) is 11.8 Å². The molecule has 0 aliphatic heterocycles. The van der Waals surface area contributed by atoms with Gasteiger partial charge in [-0.15, -0.1) is 22.9 Å². The molecule has 0 bridgehead atoms. The molecule has 1 saturated carbocycles. The lowest BCUT2D eigenvalue weighted by Crippen LogP contribution is -2.25. The van der Waals surface area contributed by atoms with Crippen molar-refractivity contribution in [3.05, 3.63) is 22.4 Å². The minimum absolute atomic E-state index is 0.433. The molecule has 1 aromatic rings. The summed E-state index contributed by atoms with van der Waals surface area (Å²) in [6.07, 6.45) is 9.21. The molecule has 0 radical (unpaired) electrons. The second-order valence-corrected chi connectivity index (χ2v) is 6.95. The van der Waals surface area contributed by atoms with E-state index in [1.165, 1.54) is 49.8 Å². The molecular weight excluding hydrogens is 248 g/mol. The number of hydrogen-bond acceptors (Lipinski definition) is 1. The van der Waals surface area contributed by atoms with Crippen LogP contribution in [0.25, 0.3) is 0 Å². The summed E-state index contributed by atoms with van der Waals surface area (Å²) in [7, 11) is 0. The predicted octanol–water partition coefficient (Wildman–Crippen LogP) is 5.50. The SMILES string of the molecule is CCCC1CCC(Cl)C(CCc2cccs2)C1. The third kappa shape index (κ3) is 3.99. The molecule has 1 aromatic heterocycles. The predicted molar refractivity (Wildman–Crippen MR) is 78.0 cm³/mol. The molecule has 1 fully saturated rings. The Labute approximate surface area is 114 Å². The zero-order chi connectivity index (χ0) is 12.1. The molecule has 1 heterocycles. The molecule has 2 rings (SSSR count). The summed E-state index contributed by atoms with van der Waals surface area (Å²) >= 11 is 8.37. The zero-order valence-electron chi connectivity index (χ0n) is 10.7. The first kappa shape index (κ1) is 13.4. The van der Waals surface area contributed by atoms with Crippen molar-refractivity contribution in [1.29, 1.82) is 0 Å². The first-order valence-corrected chi connectivity index (χ1v) is 8.27. The zero-order valence-corrected chi connectivity index (χ0v) is 12.3. The highest BCUT2D eigenvalue weighted by atomic mass is 35.5. The van der Waals surface area contributed by atoms with E-state index in [1.54, 1.807) is 0 Å². The van der Waals surface area contributed by atoms with Gasteiger partial charge in [0.25, 0.3) is 0 Å². The summed E-state index contributed by atoms with van der Waals surface area (Å²) in [5.74, 6) is 1.70. The first-order valence-electron chi connectivity index (χ1n) is 6.96. The van der Waals surface area contributed by atoms with Crippen molar-refractivity contribution in [2.75, 3.05) is 0 Å². The topological polar surface area (TPSA) is 0 Å². The average molecular weight is 271 g/mol. The molecule has 0 spiro atoms. The van der Waals surface area contributed by atoms with Crippen LogP contribution in [0.1, 0.15) is 50.3 Å². The van der Waals surface area contributed by atoms with E-state index < -0.39 is 0 Å². The Hall–Kier alpha value is -0.0100. The highest BCUT2D eigenvalue weighted by Gasteiger charge is 2.28. The van der Waals surface area contributed by atoms with Gasteiger partial charge < -0.3 is 0 Å². The normalized spacial score (nSPS) is 29.4. The third-order valence-corrected chi connectivity index (χ3v) is 5.55. The summed E-state index contributed by atoms with van der Waals surface area (Å²) in [4.78, 5) is 1.52. The molecule has 3 unspecified atom stereocenters. The van der Waals surface area contributed by atoms with Crippen molar-refractivity contribution in [3.8, 4) is 0 Å². The van der Waals surface area contributed by atoms with Gasteiger partial charge in [0.2, 0.25) is 0 Å². The number of thiophene rings is 1. The number of alkyl halides is 1. The molecule has 0 amide bonds. The maximum absolute atomic E-state index is 6.49. The lowest BCUT2D eigenvalue weighted by atomic mass is 9.77. The van der Waals surface area contributed by atoms with Crippen molar-refractivity contribution in [3.63, 3.8) is 0 Å². The Morgan fingerprint density at radius 3 is 2.94 bits per heavy atom. The van der Waals surface area contributed by atoms with Crippen molar-refractivity contribution >= 4 is 22.9 Å². The molecule has 17 heavy (non-hydrogen) atoms. The molecule has 0 saturated heterocycles. The largest absolute Gasteiger partial charge is 0.149 e. The van der Waals surface area contributed by atoms with Gasteiger partial charge in [0.15, 0.2) is 0 Å². The standard InChI is InChI=1S/C15H23ClS/c1-2-4-12-6-9-15(16)13(11-12)7-8-14-5-3-10-17-14/h3,5,10,12-13,15H,2,4,6-9,11H2,1H3. The fourth-order valence-corrected chi connectivity index (χ4v) is 4.16. The molecule has 3 atom stereocenters. The Balaban J connectivity index is 1.81. The van der Waals surface area contributed by atoms with Crippen LogP contribution in [-0.4, -0.2) is 5.38 Å². The van der Waals surface area contributed by atoms with Gasteiger partial charge >= 0.3 is 0 Å². The summed E-state index contributed by atoms with van der Waals surface area (Å²) in [5.41, 5.74) is 0. The van der Waals surface area contributed by atoms with Gasteiger partial charge in [-0.1, -0.05) is 25.8 Å². The van der Waals surface area contributed by atoms with Crippen LogP contribution in [0.4, 0.5) is 0 Å². The quantitative estimate of drug-likeness (QED) is 0.620. The molecular formula is C15H23ClS. The van der Waals surface area contributed by atoms with Crippen LogP contribution in [0.5, 0.6) is 0 Å². The lowest BCUT2D eigenvalue weighted by Gasteiger charge is -2.33. The van der Waals surface area contributed by atoms with Crippen LogP contribution in [0.2, 0.25) is 0 Å². The second kappa shape index (κ2) is 6.80. The molecule has 0 N–H and O–H groups in total. The highest BCUT2D eigenvalue weighted by molar-refractivity contribution is 7.09. The Kier molecular flexibility index (Phi) is 5.37. The average Bonchev–Trinajstić information content (AvgIpc) is 2.83. The third-order valence-electron chi connectivity index (χ3n) is 4.04. The maximum atomic E-state index is 6.49. The van der Waals surface area contributed by atoms with E-state index in [0.29, 0.717) is 5.38 Å². The molecule has 1 aliphatic rings. The Morgan fingerprint density at radius 1 is 1.35 bits per heavy atom.